The van der Waals surface area contributed by atoms with Crippen LogP contribution in [-0.4, -0.2) is 22.3 Å². The van der Waals surface area contributed by atoms with Gasteiger partial charge in [0.25, 0.3) is 0 Å². The first-order chi connectivity index (χ1) is 13.4. The highest BCUT2D eigenvalue weighted by Crippen LogP contribution is 2.48. The molecule has 3 rings (SSSR count). The van der Waals surface area contributed by atoms with Gasteiger partial charge in [-0.1, -0.05) is 32.4 Å². The number of aliphatic hydroxyl groups excluding tert-OH is 1. The molecule has 0 bridgehead atoms. The number of hydrogen-bond donors (Lipinski definition) is 2. The Labute approximate surface area is 173 Å². The molecule has 0 radical (unpaired) electrons. The van der Waals surface area contributed by atoms with Gasteiger partial charge in [-0.15, -0.1) is 11.3 Å². The van der Waals surface area contributed by atoms with Gasteiger partial charge in [0.15, 0.2) is 0 Å². The van der Waals surface area contributed by atoms with Crippen molar-refractivity contribution in [2.75, 3.05) is 0 Å². The summed E-state index contributed by atoms with van der Waals surface area (Å²) in [7, 11) is 0. The van der Waals surface area contributed by atoms with Crippen molar-refractivity contribution < 1.29 is 15.0 Å². The zero-order chi connectivity index (χ0) is 20.1. The van der Waals surface area contributed by atoms with Gasteiger partial charge in [0.2, 0.25) is 0 Å². The average Bonchev–Trinajstić information content (AvgIpc) is 3.23. The van der Waals surface area contributed by atoms with Crippen LogP contribution in [-0.2, 0) is 6.42 Å². The van der Waals surface area contributed by atoms with Crippen molar-refractivity contribution in [3.8, 4) is 0 Å². The van der Waals surface area contributed by atoms with Gasteiger partial charge in [-0.3, -0.25) is 0 Å². The van der Waals surface area contributed by atoms with E-state index in [1.54, 1.807) is 6.07 Å². The summed E-state index contributed by atoms with van der Waals surface area (Å²) in [6.45, 7) is 4.58. The zero-order valence-electron chi connectivity index (χ0n) is 17.4. The fourth-order valence-electron chi connectivity index (χ4n) is 5.34. The Hall–Kier alpha value is -1.13. The molecule has 28 heavy (non-hydrogen) atoms. The molecule has 4 atom stereocenters. The van der Waals surface area contributed by atoms with Crippen LogP contribution in [0.3, 0.4) is 0 Å². The quantitative estimate of drug-likeness (QED) is 0.449. The van der Waals surface area contributed by atoms with E-state index in [-0.39, 0.29) is 11.5 Å². The van der Waals surface area contributed by atoms with Crippen LogP contribution in [0.4, 0.5) is 0 Å². The maximum absolute atomic E-state index is 11.0. The number of hydrogen-bond acceptors (Lipinski definition) is 3. The number of rotatable bonds is 10. The maximum atomic E-state index is 11.0. The van der Waals surface area contributed by atoms with E-state index < -0.39 is 5.97 Å². The number of aromatic carboxylic acids is 1. The van der Waals surface area contributed by atoms with Crippen molar-refractivity contribution in [3.05, 3.63) is 34.0 Å². The van der Waals surface area contributed by atoms with Gasteiger partial charge in [0, 0.05) is 4.88 Å². The predicted molar refractivity (Wildman–Crippen MR) is 116 cm³/mol. The van der Waals surface area contributed by atoms with Crippen molar-refractivity contribution in [3.63, 3.8) is 0 Å². The Morgan fingerprint density at radius 2 is 2.14 bits per heavy atom. The van der Waals surface area contributed by atoms with Gasteiger partial charge in [-0.25, -0.2) is 4.79 Å². The highest BCUT2D eigenvalue weighted by molar-refractivity contribution is 7.13. The number of aryl methyl sites for hydroxylation is 1. The summed E-state index contributed by atoms with van der Waals surface area (Å²) in [4.78, 5) is 12.6. The third-order valence-electron chi connectivity index (χ3n) is 7.54. The molecular formula is C24H36O3S. The van der Waals surface area contributed by atoms with Crippen molar-refractivity contribution in [2.24, 2.45) is 23.2 Å². The standard InChI is InChI=1S/C24H36O3S/c1-3-24(15-6-16-24)22(25)10-5-9-20-17(2)11-12-18(20)7-4-8-19-13-14-21(28-19)23(26)27/h5,9,13-14,17-18,20,22,25H,3-4,6-8,10-12,15-16H2,1-2H3,(H,26,27)/b9-5+/t17-,18?,20?,22?/m1/s1. The molecule has 1 aromatic heterocycles. The second-order valence-corrected chi connectivity index (χ2v) is 10.3. The summed E-state index contributed by atoms with van der Waals surface area (Å²) in [5, 5.41) is 19.7. The van der Waals surface area contributed by atoms with E-state index in [0.29, 0.717) is 10.8 Å². The molecule has 1 aromatic rings. The molecule has 2 aliphatic rings. The fraction of sp³-hybridized carbons (Fsp3) is 0.708. The highest BCUT2D eigenvalue weighted by Gasteiger charge is 2.41. The van der Waals surface area contributed by atoms with Crippen molar-refractivity contribution >= 4 is 17.3 Å². The molecule has 0 aliphatic heterocycles. The maximum Gasteiger partial charge on any atom is 0.345 e. The van der Waals surface area contributed by atoms with Crippen LogP contribution in [0.1, 0.15) is 86.2 Å². The lowest BCUT2D eigenvalue weighted by molar-refractivity contribution is -0.0355. The Morgan fingerprint density at radius 3 is 2.75 bits per heavy atom. The molecule has 2 N–H and O–H groups in total. The molecular weight excluding hydrogens is 368 g/mol. The third-order valence-corrected chi connectivity index (χ3v) is 8.68. The van der Waals surface area contributed by atoms with Gasteiger partial charge in [-0.2, -0.15) is 0 Å². The second kappa shape index (κ2) is 9.58. The number of aliphatic hydroxyl groups is 1. The first kappa shape index (κ1) is 21.6. The Balaban J connectivity index is 1.47. The van der Waals surface area contributed by atoms with Gasteiger partial charge >= 0.3 is 5.97 Å². The molecule has 4 heteroatoms. The van der Waals surface area contributed by atoms with Crippen molar-refractivity contribution in [2.45, 2.75) is 84.2 Å². The zero-order valence-corrected chi connectivity index (χ0v) is 18.2. The van der Waals surface area contributed by atoms with Crippen LogP contribution in [0.25, 0.3) is 0 Å². The molecule has 0 spiro atoms. The summed E-state index contributed by atoms with van der Waals surface area (Å²) >= 11 is 1.41. The molecule has 0 saturated heterocycles. The van der Waals surface area contributed by atoms with E-state index >= 15 is 0 Å². The van der Waals surface area contributed by atoms with E-state index in [1.807, 2.05) is 6.07 Å². The average molecular weight is 405 g/mol. The lowest BCUT2D eigenvalue weighted by Gasteiger charge is -2.45. The van der Waals surface area contributed by atoms with Gasteiger partial charge in [0.1, 0.15) is 4.88 Å². The van der Waals surface area contributed by atoms with E-state index in [4.69, 9.17) is 5.11 Å². The Kier molecular flexibility index (Phi) is 7.38. The second-order valence-electron chi connectivity index (χ2n) is 9.10. The Bertz CT molecular complexity index is 668. The minimum atomic E-state index is -0.819. The summed E-state index contributed by atoms with van der Waals surface area (Å²) in [6, 6.07) is 3.69. The first-order valence-electron chi connectivity index (χ1n) is 11.1. The molecule has 0 aromatic carbocycles. The molecule has 2 aliphatic carbocycles. The lowest BCUT2D eigenvalue weighted by atomic mass is 9.63. The number of carbonyl (C=O) groups is 1. The van der Waals surface area contributed by atoms with Crippen LogP contribution in [0.2, 0.25) is 0 Å². The predicted octanol–water partition coefficient (Wildman–Crippen LogP) is 6.32. The van der Waals surface area contributed by atoms with Crippen molar-refractivity contribution in [1.29, 1.82) is 0 Å². The topological polar surface area (TPSA) is 57.5 Å². The number of thiophene rings is 1. The summed E-state index contributed by atoms with van der Waals surface area (Å²) in [5.74, 6) is 1.26. The van der Waals surface area contributed by atoms with Gasteiger partial charge < -0.3 is 10.2 Å². The molecule has 0 amide bonds. The molecule has 156 valence electrons. The summed E-state index contributed by atoms with van der Waals surface area (Å²) in [5.41, 5.74) is 0.195. The summed E-state index contributed by atoms with van der Waals surface area (Å²) in [6.07, 6.45) is 15.9. The van der Waals surface area contributed by atoms with E-state index in [2.05, 4.69) is 26.0 Å². The SMILES string of the molecule is CCC1(C(O)C/C=C/C2C(CCCc3ccc(C(=O)O)s3)CC[C@H]2C)CCC1. The monoisotopic (exact) mass is 404 g/mol. The van der Waals surface area contributed by atoms with Gasteiger partial charge in [-0.05, 0) is 93.1 Å². The fourth-order valence-corrected chi connectivity index (χ4v) is 6.23. The molecule has 3 unspecified atom stereocenters. The van der Waals surface area contributed by atoms with E-state index in [1.165, 1.54) is 54.7 Å². The molecule has 2 fully saturated rings. The minimum absolute atomic E-state index is 0.181. The smallest absolute Gasteiger partial charge is 0.345 e. The van der Waals surface area contributed by atoms with Gasteiger partial charge in [0.05, 0.1) is 6.10 Å². The first-order valence-corrected chi connectivity index (χ1v) is 11.9. The molecule has 3 nitrogen and oxygen atoms in total. The minimum Gasteiger partial charge on any atom is -0.477 e. The van der Waals surface area contributed by atoms with Crippen LogP contribution < -0.4 is 0 Å². The largest absolute Gasteiger partial charge is 0.477 e. The van der Waals surface area contributed by atoms with Crippen LogP contribution in [0.15, 0.2) is 24.3 Å². The van der Waals surface area contributed by atoms with Crippen LogP contribution in [0, 0.1) is 23.2 Å². The number of allylic oxidation sites excluding steroid dienone is 1. The summed E-state index contributed by atoms with van der Waals surface area (Å²) < 4.78 is 0. The van der Waals surface area contributed by atoms with Crippen molar-refractivity contribution in [1.82, 2.24) is 0 Å². The third kappa shape index (κ3) is 4.88. The van der Waals surface area contributed by atoms with E-state index in [9.17, 15) is 9.90 Å². The van der Waals surface area contributed by atoms with Crippen LogP contribution >= 0.6 is 11.3 Å². The normalized spacial score (nSPS) is 27.8. The highest BCUT2D eigenvalue weighted by atomic mass is 32.1. The van der Waals surface area contributed by atoms with E-state index in [0.717, 1.165) is 37.5 Å². The molecule has 1 heterocycles. The lowest BCUT2D eigenvalue weighted by Crippen LogP contribution is -2.40. The number of carboxylic acid groups (broad SMARTS) is 1. The molecule has 2 saturated carbocycles. The van der Waals surface area contributed by atoms with Crippen LogP contribution in [0.5, 0.6) is 0 Å². The Morgan fingerprint density at radius 1 is 1.36 bits per heavy atom. The number of carboxylic acids is 1.